The SMILES string of the molecule is CCCCNC(=O)CN(CC)CCC(=O)O. The molecular formula is C11H22N2O3. The Morgan fingerprint density at radius 1 is 1.31 bits per heavy atom. The van der Waals surface area contributed by atoms with Crippen molar-refractivity contribution in [3.05, 3.63) is 0 Å². The van der Waals surface area contributed by atoms with Gasteiger partial charge in [-0.2, -0.15) is 0 Å². The van der Waals surface area contributed by atoms with Gasteiger partial charge in [0.25, 0.3) is 0 Å². The maximum Gasteiger partial charge on any atom is 0.304 e. The Bertz CT molecular complexity index is 219. The van der Waals surface area contributed by atoms with Crippen LogP contribution in [-0.2, 0) is 9.59 Å². The average Bonchev–Trinajstić information content (AvgIpc) is 2.24. The molecule has 16 heavy (non-hydrogen) atoms. The quantitative estimate of drug-likeness (QED) is 0.572. The molecule has 0 aliphatic rings. The number of hydrogen-bond donors (Lipinski definition) is 2. The number of hydrogen-bond acceptors (Lipinski definition) is 3. The van der Waals surface area contributed by atoms with Crippen molar-refractivity contribution in [3.8, 4) is 0 Å². The Hall–Kier alpha value is -1.10. The van der Waals surface area contributed by atoms with Gasteiger partial charge in [-0.05, 0) is 13.0 Å². The smallest absolute Gasteiger partial charge is 0.304 e. The number of amides is 1. The van der Waals surface area contributed by atoms with Crippen LogP contribution in [0.2, 0.25) is 0 Å². The second-order valence-electron chi connectivity index (χ2n) is 3.72. The molecule has 94 valence electrons. The summed E-state index contributed by atoms with van der Waals surface area (Å²) < 4.78 is 0. The Morgan fingerprint density at radius 2 is 2.00 bits per heavy atom. The molecular weight excluding hydrogens is 208 g/mol. The minimum absolute atomic E-state index is 0.0271. The summed E-state index contributed by atoms with van der Waals surface area (Å²) in [5.41, 5.74) is 0. The zero-order chi connectivity index (χ0) is 12.4. The molecule has 0 fully saturated rings. The van der Waals surface area contributed by atoms with Crippen molar-refractivity contribution in [2.24, 2.45) is 0 Å². The molecule has 0 aromatic rings. The van der Waals surface area contributed by atoms with Gasteiger partial charge in [0.2, 0.25) is 5.91 Å². The van der Waals surface area contributed by atoms with E-state index in [9.17, 15) is 9.59 Å². The topological polar surface area (TPSA) is 69.6 Å². The fraction of sp³-hybridized carbons (Fsp3) is 0.818. The minimum Gasteiger partial charge on any atom is -0.481 e. The number of carbonyl (C=O) groups is 2. The van der Waals surface area contributed by atoms with Gasteiger partial charge in [0, 0.05) is 13.1 Å². The van der Waals surface area contributed by atoms with Crippen molar-refractivity contribution in [1.29, 1.82) is 0 Å². The number of likely N-dealkylation sites (N-methyl/N-ethyl adjacent to an activating group) is 1. The highest BCUT2D eigenvalue weighted by molar-refractivity contribution is 5.78. The summed E-state index contributed by atoms with van der Waals surface area (Å²) in [5.74, 6) is -0.856. The van der Waals surface area contributed by atoms with Gasteiger partial charge in [0.15, 0.2) is 0 Å². The molecule has 0 radical (unpaired) electrons. The number of nitrogens with zero attached hydrogens (tertiary/aromatic N) is 1. The molecule has 0 aliphatic carbocycles. The van der Waals surface area contributed by atoms with E-state index in [1.54, 1.807) is 0 Å². The molecule has 0 spiro atoms. The van der Waals surface area contributed by atoms with Crippen molar-refractivity contribution < 1.29 is 14.7 Å². The van der Waals surface area contributed by atoms with Gasteiger partial charge < -0.3 is 10.4 Å². The van der Waals surface area contributed by atoms with E-state index in [1.807, 2.05) is 11.8 Å². The second kappa shape index (κ2) is 9.15. The van der Waals surface area contributed by atoms with Crippen LogP contribution in [0.25, 0.3) is 0 Å². The van der Waals surface area contributed by atoms with Crippen molar-refractivity contribution >= 4 is 11.9 Å². The summed E-state index contributed by atoms with van der Waals surface area (Å²) >= 11 is 0. The second-order valence-corrected chi connectivity index (χ2v) is 3.72. The van der Waals surface area contributed by atoms with E-state index < -0.39 is 5.97 Å². The van der Waals surface area contributed by atoms with E-state index in [2.05, 4.69) is 12.2 Å². The Labute approximate surface area is 96.8 Å². The first-order chi connectivity index (χ1) is 7.60. The van der Waals surface area contributed by atoms with Crippen LogP contribution in [0.5, 0.6) is 0 Å². The van der Waals surface area contributed by atoms with Gasteiger partial charge in [-0.25, -0.2) is 0 Å². The van der Waals surface area contributed by atoms with Gasteiger partial charge in [0.05, 0.1) is 13.0 Å². The summed E-state index contributed by atoms with van der Waals surface area (Å²) in [6.45, 7) is 6.08. The number of aliphatic carboxylic acids is 1. The summed E-state index contributed by atoms with van der Waals surface area (Å²) in [6, 6.07) is 0. The number of rotatable bonds is 9. The van der Waals surface area contributed by atoms with Crippen LogP contribution >= 0.6 is 0 Å². The van der Waals surface area contributed by atoms with E-state index in [0.717, 1.165) is 12.8 Å². The van der Waals surface area contributed by atoms with Crippen LogP contribution in [0.3, 0.4) is 0 Å². The van der Waals surface area contributed by atoms with Crippen molar-refractivity contribution in [3.63, 3.8) is 0 Å². The molecule has 5 nitrogen and oxygen atoms in total. The number of carbonyl (C=O) groups excluding carboxylic acids is 1. The zero-order valence-electron chi connectivity index (χ0n) is 10.2. The van der Waals surface area contributed by atoms with Gasteiger partial charge in [0.1, 0.15) is 0 Å². The molecule has 2 N–H and O–H groups in total. The normalized spacial score (nSPS) is 10.4. The number of nitrogens with one attached hydrogen (secondary N) is 1. The molecule has 0 aliphatic heterocycles. The first-order valence-electron chi connectivity index (χ1n) is 5.81. The lowest BCUT2D eigenvalue weighted by atomic mass is 10.3. The largest absolute Gasteiger partial charge is 0.481 e. The Morgan fingerprint density at radius 3 is 2.50 bits per heavy atom. The van der Waals surface area contributed by atoms with E-state index in [-0.39, 0.29) is 18.9 Å². The number of carboxylic acid groups (broad SMARTS) is 1. The van der Waals surface area contributed by atoms with Crippen molar-refractivity contribution in [2.75, 3.05) is 26.2 Å². The first kappa shape index (κ1) is 14.9. The maximum atomic E-state index is 11.4. The van der Waals surface area contributed by atoms with Crippen LogP contribution in [-0.4, -0.2) is 48.1 Å². The highest BCUT2D eigenvalue weighted by Crippen LogP contribution is 1.92. The van der Waals surface area contributed by atoms with Gasteiger partial charge in [-0.1, -0.05) is 20.3 Å². The molecule has 0 aromatic carbocycles. The van der Waals surface area contributed by atoms with Crippen LogP contribution in [0.15, 0.2) is 0 Å². The third kappa shape index (κ3) is 8.23. The average molecular weight is 230 g/mol. The van der Waals surface area contributed by atoms with E-state index >= 15 is 0 Å². The van der Waals surface area contributed by atoms with E-state index in [0.29, 0.717) is 19.6 Å². The molecule has 0 heterocycles. The van der Waals surface area contributed by atoms with Crippen LogP contribution in [0.1, 0.15) is 33.1 Å². The lowest BCUT2D eigenvalue weighted by Crippen LogP contribution is -2.38. The molecule has 0 bridgehead atoms. The van der Waals surface area contributed by atoms with Crippen LogP contribution < -0.4 is 5.32 Å². The molecule has 0 aromatic heterocycles. The molecule has 0 atom stereocenters. The third-order valence-electron chi connectivity index (χ3n) is 2.31. The first-order valence-corrected chi connectivity index (χ1v) is 5.81. The monoisotopic (exact) mass is 230 g/mol. The van der Waals surface area contributed by atoms with E-state index in [4.69, 9.17) is 5.11 Å². The predicted octanol–water partition coefficient (Wildman–Crippen LogP) is 0.699. The molecule has 0 unspecified atom stereocenters. The lowest BCUT2D eigenvalue weighted by molar-refractivity contribution is -0.137. The van der Waals surface area contributed by atoms with Crippen molar-refractivity contribution in [2.45, 2.75) is 33.1 Å². The zero-order valence-corrected chi connectivity index (χ0v) is 10.2. The Kier molecular flexibility index (Phi) is 8.52. The number of unbranched alkanes of at least 4 members (excludes halogenated alkanes) is 1. The maximum absolute atomic E-state index is 11.4. The Balaban J connectivity index is 3.74. The van der Waals surface area contributed by atoms with Crippen LogP contribution in [0.4, 0.5) is 0 Å². The summed E-state index contributed by atoms with van der Waals surface area (Å²) in [6.07, 6.45) is 2.11. The van der Waals surface area contributed by atoms with Gasteiger partial charge >= 0.3 is 5.97 Å². The predicted molar refractivity (Wildman–Crippen MR) is 62.3 cm³/mol. The number of carboxylic acids is 1. The highest BCUT2D eigenvalue weighted by atomic mass is 16.4. The lowest BCUT2D eigenvalue weighted by Gasteiger charge is -2.18. The molecule has 0 saturated carbocycles. The fourth-order valence-electron chi connectivity index (χ4n) is 1.27. The summed E-state index contributed by atoms with van der Waals surface area (Å²) in [5, 5.41) is 11.3. The molecule has 5 heteroatoms. The van der Waals surface area contributed by atoms with Gasteiger partial charge in [-0.3, -0.25) is 14.5 Å². The minimum atomic E-state index is -0.829. The standard InChI is InChI=1S/C11H22N2O3/c1-3-5-7-12-10(14)9-13(4-2)8-6-11(15)16/h3-9H2,1-2H3,(H,12,14)(H,15,16). The summed E-state index contributed by atoms with van der Waals surface area (Å²) in [7, 11) is 0. The fourth-order valence-corrected chi connectivity index (χ4v) is 1.27. The molecule has 0 saturated heterocycles. The molecule has 0 rings (SSSR count). The third-order valence-corrected chi connectivity index (χ3v) is 2.31. The van der Waals surface area contributed by atoms with Crippen LogP contribution in [0, 0.1) is 0 Å². The van der Waals surface area contributed by atoms with Crippen molar-refractivity contribution in [1.82, 2.24) is 10.2 Å². The highest BCUT2D eigenvalue weighted by Gasteiger charge is 2.09. The molecule has 1 amide bonds. The summed E-state index contributed by atoms with van der Waals surface area (Å²) in [4.78, 5) is 23.6. The van der Waals surface area contributed by atoms with E-state index in [1.165, 1.54) is 0 Å². The van der Waals surface area contributed by atoms with Gasteiger partial charge in [-0.15, -0.1) is 0 Å².